The van der Waals surface area contributed by atoms with Crippen LogP contribution in [0, 0.1) is 11.7 Å². The van der Waals surface area contributed by atoms with Crippen molar-refractivity contribution in [2.75, 3.05) is 39.9 Å². The van der Waals surface area contributed by atoms with Crippen molar-refractivity contribution in [2.45, 2.75) is 18.9 Å². The van der Waals surface area contributed by atoms with Gasteiger partial charge in [0.1, 0.15) is 12.7 Å². The molecule has 0 N–H and O–H groups in total. The number of halogens is 1. The lowest BCUT2D eigenvalue weighted by atomic mass is 9.94. The SMILES string of the molecule is COCC(=O)N1CCCC(C(=O)N2CC(Oc3ccccc3F)C2)C1. The Morgan fingerprint density at radius 2 is 1.96 bits per heavy atom. The average Bonchev–Trinajstić information content (AvgIpc) is 2.59. The third-order valence-corrected chi connectivity index (χ3v) is 4.68. The molecular weight excluding hydrogens is 327 g/mol. The summed E-state index contributed by atoms with van der Waals surface area (Å²) in [6, 6.07) is 6.26. The first kappa shape index (κ1) is 17.7. The minimum atomic E-state index is -0.396. The first-order valence-electron chi connectivity index (χ1n) is 8.55. The Balaban J connectivity index is 1.48. The summed E-state index contributed by atoms with van der Waals surface area (Å²) >= 11 is 0. The molecule has 0 spiro atoms. The quantitative estimate of drug-likeness (QED) is 0.803. The van der Waals surface area contributed by atoms with Crippen molar-refractivity contribution in [1.82, 2.24) is 9.80 Å². The van der Waals surface area contributed by atoms with Gasteiger partial charge in [0.15, 0.2) is 11.6 Å². The first-order valence-corrected chi connectivity index (χ1v) is 8.55. The summed E-state index contributed by atoms with van der Waals surface area (Å²) < 4.78 is 24.1. The highest BCUT2D eigenvalue weighted by atomic mass is 19.1. The third kappa shape index (κ3) is 4.10. The maximum absolute atomic E-state index is 13.6. The minimum absolute atomic E-state index is 0.0447. The van der Waals surface area contributed by atoms with Gasteiger partial charge < -0.3 is 19.3 Å². The largest absolute Gasteiger partial charge is 0.484 e. The number of nitrogens with zero attached hydrogens (tertiary/aromatic N) is 2. The summed E-state index contributed by atoms with van der Waals surface area (Å²) in [5.74, 6) is -0.392. The molecule has 1 atom stereocenters. The van der Waals surface area contributed by atoms with Crippen LogP contribution in [0.15, 0.2) is 24.3 Å². The molecule has 7 heteroatoms. The summed E-state index contributed by atoms with van der Waals surface area (Å²) in [7, 11) is 1.49. The van der Waals surface area contributed by atoms with Crippen LogP contribution in [0.4, 0.5) is 4.39 Å². The minimum Gasteiger partial charge on any atom is -0.484 e. The van der Waals surface area contributed by atoms with Gasteiger partial charge in [-0.05, 0) is 25.0 Å². The summed E-state index contributed by atoms with van der Waals surface area (Å²) in [5, 5.41) is 0. The average molecular weight is 350 g/mol. The molecule has 1 aromatic carbocycles. The Bertz CT molecular complexity index is 633. The fraction of sp³-hybridized carbons (Fsp3) is 0.556. The highest BCUT2D eigenvalue weighted by molar-refractivity contribution is 5.82. The lowest BCUT2D eigenvalue weighted by Crippen LogP contribution is -2.59. The topological polar surface area (TPSA) is 59.1 Å². The van der Waals surface area contributed by atoms with Crippen molar-refractivity contribution in [1.29, 1.82) is 0 Å². The molecule has 6 nitrogen and oxygen atoms in total. The van der Waals surface area contributed by atoms with Crippen LogP contribution in [-0.4, -0.2) is 67.6 Å². The van der Waals surface area contributed by atoms with Crippen LogP contribution >= 0.6 is 0 Å². The third-order valence-electron chi connectivity index (χ3n) is 4.68. The van der Waals surface area contributed by atoms with E-state index in [9.17, 15) is 14.0 Å². The van der Waals surface area contributed by atoms with Crippen LogP contribution in [0.5, 0.6) is 5.75 Å². The molecule has 0 aromatic heterocycles. The van der Waals surface area contributed by atoms with E-state index in [4.69, 9.17) is 9.47 Å². The van der Waals surface area contributed by atoms with Crippen molar-refractivity contribution in [2.24, 2.45) is 5.92 Å². The fourth-order valence-corrected chi connectivity index (χ4v) is 3.29. The van der Waals surface area contributed by atoms with Gasteiger partial charge in [-0.3, -0.25) is 9.59 Å². The number of likely N-dealkylation sites (tertiary alicyclic amines) is 2. The molecule has 0 aliphatic carbocycles. The molecule has 2 fully saturated rings. The van der Waals surface area contributed by atoms with Crippen LogP contribution in [0.3, 0.4) is 0 Å². The number of piperidine rings is 1. The number of para-hydroxylation sites is 1. The molecule has 2 heterocycles. The Labute approximate surface area is 146 Å². The van der Waals surface area contributed by atoms with Gasteiger partial charge in [-0.1, -0.05) is 12.1 Å². The Kier molecular flexibility index (Phi) is 5.53. The number of ether oxygens (including phenoxy) is 2. The Hall–Kier alpha value is -2.15. The molecule has 0 saturated carbocycles. The summed E-state index contributed by atoms with van der Waals surface area (Å²) in [4.78, 5) is 27.9. The van der Waals surface area contributed by atoms with Gasteiger partial charge in [0.05, 0.1) is 19.0 Å². The second-order valence-electron chi connectivity index (χ2n) is 6.53. The van der Waals surface area contributed by atoms with Gasteiger partial charge in [0.25, 0.3) is 0 Å². The molecule has 0 bridgehead atoms. The monoisotopic (exact) mass is 350 g/mol. The van der Waals surface area contributed by atoms with E-state index in [2.05, 4.69) is 0 Å². The lowest BCUT2D eigenvalue weighted by Gasteiger charge is -2.42. The number of rotatable bonds is 5. The molecule has 0 radical (unpaired) electrons. The number of hydrogen-bond donors (Lipinski definition) is 0. The predicted molar refractivity (Wildman–Crippen MR) is 88.6 cm³/mol. The zero-order valence-corrected chi connectivity index (χ0v) is 14.3. The number of carbonyl (C=O) groups excluding carboxylic acids is 2. The van der Waals surface area contributed by atoms with E-state index < -0.39 is 5.82 Å². The van der Waals surface area contributed by atoms with Gasteiger partial charge in [-0.15, -0.1) is 0 Å². The van der Waals surface area contributed by atoms with Gasteiger partial charge in [0.2, 0.25) is 11.8 Å². The fourth-order valence-electron chi connectivity index (χ4n) is 3.29. The van der Waals surface area contributed by atoms with Crippen LogP contribution < -0.4 is 4.74 Å². The molecule has 2 amide bonds. The maximum atomic E-state index is 13.6. The Morgan fingerprint density at radius 1 is 1.20 bits per heavy atom. The normalized spacial score (nSPS) is 21.0. The molecular formula is C18H23FN2O4. The standard InChI is InChI=1S/C18H23FN2O4/c1-24-12-17(22)20-8-4-5-13(9-20)18(23)21-10-14(11-21)25-16-7-3-2-6-15(16)19/h2-3,6-7,13-14H,4-5,8-12H2,1H3. The van der Waals surface area contributed by atoms with E-state index in [1.54, 1.807) is 28.0 Å². The van der Waals surface area contributed by atoms with E-state index >= 15 is 0 Å². The number of benzene rings is 1. The molecule has 2 aliphatic heterocycles. The van der Waals surface area contributed by atoms with E-state index in [1.165, 1.54) is 13.2 Å². The zero-order chi connectivity index (χ0) is 17.8. The van der Waals surface area contributed by atoms with E-state index in [0.29, 0.717) is 26.2 Å². The molecule has 25 heavy (non-hydrogen) atoms. The summed E-state index contributed by atoms with van der Waals surface area (Å²) in [5.41, 5.74) is 0. The molecule has 136 valence electrons. The van der Waals surface area contributed by atoms with Crippen molar-refractivity contribution in [3.8, 4) is 5.75 Å². The second-order valence-corrected chi connectivity index (χ2v) is 6.53. The first-order chi connectivity index (χ1) is 12.1. The molecule has 1 aromatic rings. The summed E-state index contributed by atoms with van der Waals surface area (Å²) in [6.07, 6.45) is 1.41. The molecule has 2 saturated heterocycles. The van der Waals surface area contributed by atoms with Crippen molar-refractivity contribution in [3.63, 3.8) is 0 Å². The van der Waals surface area contributed by atoms with Gasteiger partial charge >= 0.3 is 0 Å². The molecule has 3 rings (SSSR count). The van der Waals surface area contributed by atoms with Crippen molar-refractivity contribution in [3.05, 3.63) is 30.1 Å². The van der Waals surface area contributed by atoms with E-state index in [0.717, 1.165) is 12.8 Å². The number of hydrogen-bond acceptors (Lipinski definition) is 4. The molecule has 2 aliphatic rings. The lowest BCUT2D eigenvalue weighted by molar-refractivity contribution is -0.148. The maximum Gasteiger partial charge on any atom is 0.248 e. The number of methoxy groups -OCH3 is 1. The van der Waals surface area contributed by atoms with E-state index in [-0.39, 0.29) is 36.2 Å². The van der Waals surface area contributed by atoms with E-state index in [1.807, 2.05) is 0 Å². The number of carbonyl (C=O) groups is 2. The van der Waals surface area contributed by atoms with Crippen LogP contribution in [0.25, 0.3) is 0 Å². The Morgan fingerprint density at radius 3 is 2.68 bits per heavy atom. The van der Waals surface area contributed by atoms with Crippen LogP contribution in [0.2, 0.25) is 0 Å². The second kappa shape index (κ2) is 7.82. The summed E-state index contributed by atoms with van der Waals surface area (Å²) in [6.45, 7) is 2.07. The van der Waals surface area contributed by atoms with Crippen molar-refractivity contribution < 1.29 is 23.5 Å². The molecule has 1 unspecified atom stereocenters. The van der Waals surface area contributed by atoms with Gasteiger partial charge in [-0.2, -0.15) is 0 Å². The predicted octanol–water partition coefficient (Wildman–Crippen LogP) is 1.30. The van der Waals surface area contributed by atoms with Crippen LogP contribution in [0.1, 0.15) is 12.8 Å². The van der Waals surface area contributed by atoms with Crippen LogP contribution in [-0.2, 0) is 14.3 Å². The highest BCUT2D eigenvalue weighted by Gasteiger charge is 2.38. The van der Waals surface area contributed by atoms with Crippen molar-refractivity contribution >= 4 is 11.8 Å². The zero-order valence-electron chi connectivity index (χ0n) is 14.3. The van der Waals surface area contributed by atoms with Gasteiger partial charge in [-0.25, -0.2) is 4.39 Å². The van der Waals surface area contributed by atoms with Gasteiger partial charge in [0, 0.05) is 20.2 Å². The highest BCUT2D eigenvalue weighted by Crippen LogP contribution is 2.25. The number of amides is 2. The smallest absolute Gasteiger partial charge is 0.248 e.